The Balaban J connectivity index is 1.98. The van der Waals surface area contributed by atoms with Gasteiger partial charge in [0.15, 0.2) is 11.5 Å². The number of halogens is 1. The standard InChI is InChI=1S/C20H19ClN2O3/c1-4-5-23-12(2)6-16(13(23)3)19(24)15(10-22)7-14-8-17(21)20-18(9-14)25-11-26-20/h6-9H,4-5,11H2,1-3H3/b15-7+. The Hall–Kier alpha value is -2.71. The zero-order valence-electron chi connectivity index (χ0n) is 14.9. The molecule has 0 N–H and O–H groups in total. The first-order valence-electron chi connectivity index (χ1n) is 8.38. The Kier molecular flexibility index (Phi) is 5.06. The van der Waals surface area contributed by atoms with E-state index in [9.17, 15) is 10.1 Å². The van der Waals surface area contributed by atoms with E-state index in [-0.39, 0.29) is 18.1 Å². The van der Waals surface area contributed by atoms with Crippen LogP contribution in [0.15, 0.2) is 23.8 Å². The molecule has 0 amide bonds. The molecule has 26 heavy (non-hydrogen) atoms. The van der Waals surface area contributed by atoms with Crippen molar-refractivity contribution in [2.45, 2.75) is 33.7 Å². The third kappa shape index (κ3) is 3.21. The molecular formula is C20H19ClN2O3. The van der Waals surface area contributed by atoms with Gasteiger partial charge in [-0.2, -0.15) is 5.26 Å². The molecule has 134 valence electrons. The Morgan fingerprint density at radius 1 is 1.35 bits per heavy atom. The van der Waals surface area contributed by atoms with E-state index >= 15 is 0 Å². The number of allylic oxidation sites excluding steroid dienone is 1. The molecule has 0 bridgehead atoms. The van der Waals surface area contributed by atoms with E-state index in [1.54, 1.807) is 12.1 Å². The number of ether oxygens (including phenoxy) is 2. The Morgan fingerprint density at radius 3 is 2.81 bits per heavy atom. The van der Waals surface area contributed by atoms with Crippen molar-refractivity contribution in [2.24, 2.45) is 0 Å². The normalized spacial score (nSPS) is 13.0. The highest BCUT2D eigenvalue weighted by Crippen LogP contribution is 2.40. The molecule has 0 saturated carbocycles. The highest BCUT2D eigenvalue weighted by Gasteiger charge is 2.21. The van der Waals surface area contributed by atoms with Crippen molar-refractivity contribution < 1.29 is 14.3 Å². The van der Waals surface area contributed by atoms with Gasteiger partial charge in [-0.15, -0.1) is 0 Å². The van der Waals surface area contributed by atoms with Gasteiger partial charge in [0.05, 0.1) is 5.02 Å². The van der Waals surface area contributed by atoms with Crippen molar-refractivity contribution in [3.05, 3.63) is 51.3 Å². The summed E-state index contributed by atoms with van der Waals surface area (Å²) in [6, 6.07) is 7.21. The second kappa shape index (κ2) is 7.27. The third-order valence-electron chi connectivity index (χ3n) is 4.39. The summed E-state index contributed by atoms with van der Waals surface area (Å²) in [4.78, 5) is 12.9. The zero-order valence-corrected chi connectivity index (χ0v) is 15.7. The first-order chi connectivity index (χ1) is 12.5. The Bertz CT molecular complexity index is 951. The molecule has 0 atom stereocenters. The summed E-state index contributed by atoms with van der Waals surface area (Å²) in [5.74, 6) is 0.697. The van der Waals surface area contributed by atoms with Gasteiger partial charge in [-0.05, 0) is 50.1 Å². The lowest BCUT2D eigenvalue weighted by atomic mass is 10.0. The SMILES string of the molecule is CCCn1c(C)cc(C(=O)/C(C#N)=C/c2cc(Cl)c3c(c2)OCO3)c1C. The molecular weight excluding hydrogens is 352 g/mol. The van der Waals surface area contributed by atoms with E-state index in [4.69, 9.17) is 21.1 Å². The Morgan fingerprint density at radius 2 is 2.12 bits per heavy atom. The molecule has 1 aliphatic heterocycles. The maximum absolute atomic E-state index is 12.9. The molecule has 0 saturated heterocycles. The van der Waals surface area contributed by atoms with E-state index in [2.05, 4.69) is 11.5 Å². The van der Waals surface area contributed by atoms with Gasteiger partial charge < -0.3 is 14.0 Å². The number of carbonyl (C=O) groups excluding carboxylic acids is 1. The van der Waals surface area contributed by atoms with E-state index in [1.165, 1.54) is 6.08 Å². The summed E-state index contributed by atoms with van der Waals surface area (Å²) >= 11 is 6.18. The molecule has 0 unspecified atom stereocenters. The first kappa shape index (κ1) is 18.1. The summed E-state index contributed by atoms with van der Waals surface area (Å²) in [7, 11) is 0. The molecule has 1 aromatic carbocycles. The fourth-order valence-electron chi connectivity index (χ4n) is 3.13. The Labute approximate surface area is 157 Å². The van der Waals surface area contributed by atoms with Gasteiger partial charge in [-0.3, -0.25) is 4.79 Å². The number of aromatic nitrogens is 1. The van der Waals surface area contributed by atoms with Gasteiger partial charge in [0.2, 0.25) is 12.6 Å². The van der Waals surface area contributed by atoms with Crippen molar-refractivity contribution in [1.82, 2.24) is 4.57 Å². The molecule has 6 heteroatoms. The number of fused-ring (bicyclic) bond motifs is 1. The van der Waals surface area contributed by atoms with E-state index in [0.29, 0.717) is 27.6 Å². The highest BCUT2D eigenvalue weighted by atomic mass is 35.5. The highest BCUT2D eigenvalue weighted by molar-refractivity contribution is 6.32. The lowest BCUT2D eigenvalue weighted by molar-refractivity contribution is 0.103. The number of hydrogen-bond acceptors (Lipinski definition) is 4. The summed E-state index contributed by atoms with van der Waals surface area (Å²) < 4.78 is 12.7. The van der Waals surface area contributed by atoms with Crippen LogP contribution in [0.4, 0.5) is 0 Å². The minimum Gasteiger partial charge on any atom is -0.454 e. The van der Waals surface area contributed by atoms with Gasteiger partial charge in [0.25, 0.3) is 0 Å². The van der Waals surface area contributed by atoms with Crippen molar-refractivity contribution in [2.75, 3.05) is 6.79 Å². The van der Waals surface area contributed by atoms with Gasteiger partial charge in [-0.25, -0.2) is 0 Å². The van der Waals surface area contributed by atoms with Crippen LogP contribution in [-0.2, 0) is 6.54 Å². The van der Waals surface area contributed by atoms with Crippen LogP contribution in [0, 0.1) is 25.2 Å². The van der Waals surface area contributed by atoms with E-state index in [0.717, 1.165) is 24.4 Å². The topological polar surface area (TPSA) is 64.2 Å². The van der Waals surface area contributed by atoms with Gasteiger partial charge in [0.1, 0.15) is 11.6 Å². The minimum absolute atomic E-state index is 0.0525. The van der Waals surface area contributed by atoms with E-state index < -0.39 is 0 Å². The predicted octanol–water partition coefficient (Wildman–Crippen LogP) is 4.69. The quantitative estimate of drug-likeness (QED) is 0.435. The molecule has 0 fully saturated rings. The van der Waals surface area contributed by atoms with Gasteiger partial charge >= 0.3 is 0 Å². The zero-order chi connectivity index (χ0) is 18.8. The molecule has 2 heterocycles. The summed E-state index contributed by atoms with van der Waals surface area (Å²) in [5, 5.41) is 9.90. The number of nitriles is 1. The molecule has 0 aliphatic carbocycles. The van der Waals surface area contributed by atoms with Crippen LogP contribution in [0.2, 0.25) is 5.02 Å². The smallest absolute Gasteiger partial charge is 0.231 e. The van der Waals surface area contributed by atoms with Crippen LogP contribution in [0.25, 0.3) is 6.08 Å². The van der Waals surface area contributed by atoms with Crippen LogP contribution in [0.3, 0.4) is 0 Å². The lowest BCUT2D eigenvalue weighted by Crippen LogP contribution is -2.06. The van der Waals surface area contributed by atoms with Crippen LogP contribution >= 0.6 is 11.6 Å². The van der Waals surface area contributed by atoms with Crippen molar-refractivity contribution in [3.8, 4) is 17.6 Å². The summed E-state index contributed by atoms with van der Waals surface area (Å²) in [6.07, 6.45) is 2.50. The van der Waals surface area contributed by atoms with Crippen molar-refractivity contribution in [3.63, 3.8) is 0 Å². The molecule has 5 nitrogen and oxygen atoms in total. The van der Waals surface area contributed by atoms with Gasteiger partial charge in [-0.1, -0.05) is 18.5 Å². The first-order valence-corrected chi connectivity index (χ1v) is 8.76. The number of aryl methyl sites for hydroxylation is 1. The number of Topliss-reactive ketones (excluding diaryl/α,β-unsaturated/α-hetero) is 1. The summed E-state index contributed by atoms with van der Waals surface area (Å²) in [5.41, 5.74) is 3.11. The second-order valence-electron chi connectivity index (χ2n) is 6.17. The van der Waals surface area contributed by atoms with Crippen molar-refractivity contribution >= 4 is 23.5 Å². The average molecular weight is 371 g/mol. The number of hydrogen-bond donors (Lipinski definition) is 0. The maximum atomic E-state index is 12.9. The average Bonchev–Trinajstić information content (AvgIpc) is 3.19. The van der Waals surface area contributed by atoms with Crippen LogP contribution in [-0.4, -0.2) is 17.1 Å². The lowest BCUT2D eigenvalue weighted by Gasteiger charge is -2.07. The largest absolute Gasteiger partial charge is 0.454 e. The van der Waals surface area contributed by atoms with Crippen molar-refractivity contribution in [1.29, 1.82) is 5.26 Å². The summed E-state index contributed by atoms with van der Waals surface area (Å²) in [6.45, 7) is 6.91. The molecule has 1 aromatic heterocycles. The monoisotopic (exact) mass is 370 g/mol. The fraction of sp³-hybridized carbons (Fsp3) is 0.300. The van der Waals surface area contributed by atoms with Gasteiger partial charge in [0, 0.05) is 23.5 Å². The third-order valence-corrected chi connectivity index (χ3v) is 4.67. The van der Waals surface area contributed by atoms with Crippen LogP contribution in [0.1, 0.15) is 40.7 Å². The van der Waals surface area contributed by atoms with Crippen LogP contribution in [0.5, 0.6) is 11.5 Å². The minimum atomic E-state index is -0.295. The maximum Gasteiger partial charge on any atom is 0.231 e. The molecule has 0 spiro atoms. The number of rotatable bonds is 5. The molecule has 3 rings (SSSR count). The molecule has 1 aliphatic rings. The number of carbonyl (C=O) groups is 1. The molecule has 0 radical (unpaired) electrons. The number of nitrogens with zero attached hydrogens (tertiary/aromatic N) is 2. The predicted molar refractivity (Wildman–Crippen MR) is 99.7 cm³/mol. The number of benzene rings is 1. The van der Waals surface area contributed by atoms with E-state index in [1.807, 2.05) is 26.0 Å². The molecule has 2 aromatic rings. The fourth-order valence-corrected chi connectivity index (χ4v) is 3.40. The van der Waals surface area contributed by atoms with Crippen LogP contribution < -0.4 is 9.47 Å². The number of ketones is 1. The second-order valence-corrected chi connectivity index (χ2v) is 6.58.